The number of terminal acetylenes is 1. The third kappa shape index (κ3) is 4.39. The van der Waals surface area contributed by atoms with E-state index in [-0.39, 0.29) is 12.8 Å². The van der Waals surface area contributed by atoms with Gasteiger partial charge >= 0.3 is 11.8 Å². The van der Waals surface area contributed by atoms with E-state index < -0.39 is 61.2 Å². The molecule has 0 aliphatic carbocycles. The van der Waals surface area contributed by atoms with Gasteiger partial charge in [0, 0.05) is 19.3 Å². The van der Waals surface area contributed by atoms with Crippen molar-refractivity contribution < 1.29 is 38.4 Å². The second-order valence-electron chi connectivity index (χ2n) is 5.44. The van der Waals surface area contributed by atoms with Crippen LogP contribution >= 0.6 is 0 Å². The minimum absolute atomic E-state index is 0.0891. The number of hydrogen-bond acceptors (Lipinski definition) is 6. The van der Waals surface area contributed by atoms with Crippen molar-refractivity contribution in [2.75, 3.05) is 6.61 Å². The first-order chi connectivity index (χ1) is 11.2. The number of carbonyl (C=O) groups excluding carboxylic acids is 1. The minimum atomic E-state index is -3.67. The summed E-state index contributed by atoms with van der Waals surface area (Å²) in [7, 11) is 0. The van der Waals surface area contributed by atoms with Crippen LogP contribution in [0.3, 0.4) is 0 Å². The van der Waals surface area contributed by atoms with Crippen LogP contribution in [-0.2, 0) is 14.3 Å². The second-order valence-corrected chi connectivity index (χ2v) is 5.44. The Bertz CT molecular complexity index is 514. The van der Waals surface area contributed by atoms with E-state index in [1.54, 1.807) is 0 Å². The third-order valence-corrected chi connectivity index (χ3v) is 3.71. The smallest absolute Gasteiger partial charge is 0.372 e. The van der Waals surface area contributed by atoms with Crippen molar-refractivity contribution in [1.29, 1.82) is 0 Å². The van der Waals surface area contributed by atoms with E-state index in [1.807, 2.05) is 0 Å². The molecule has 1 heterocycles. The van der Waals surface area contributed by atoms with Gasteiger partial charge in [-0.15, -0.1) is 12.3 Å². The molecular formula is C14H20F2N2O6. The van der Waals surface area contributed by atoms with E-state index in [0.29, 0.717) is 0 Å². The van der Waals surface area contributed by atoms with Crippen molar-refractivity contribution in [3.05, 3.63) is 0 Å². The van der Waals surface area contributed by atoms with Gasteiger partial charge in [-0.05, 0) is 0 Å². The van der Waals surface area contributed by atoms with Crippen LogP contribution in [0, 0.1) is 12.3 Å². The molecule has 6 atom stereocenters. The molecule has 1 aliphatic rings. The quantitative estimate of drug-likeness (QED) is 0.350. The van der Waals surface area contributed by atoms with Gasteiger partial charge in [0.2, 0.25) is 5.91 Å². The maximum Gasteiger partial charge on any atom is 0.372 e. The number of halogens is 2. The lowest BCUT2D eigenvalue weighted by molar-refractivity contribution is -0.258. The highest BCUT2D eigenvalue weighted by atomic mass is 19.2. The lowest BCUT2D eigenvalue weighted by Crippen LogP contribution is -2.66. The maximum absolute atomic E-state index is 14.2. The molecule has 24 heavy (non-hydrogen) atoms. The number of hydrogen-bond donors (Lipinski definition) is 5. The van der Waals surface area contributed by atoms with Crippen LogP contribution in [0.25, 0.3) is 0 Å². The molecule has 10 heteroatoms. The molecule has 0 aromatic heterocycles. The number of carboxylic acids is 1. The number of aliphatic carboxylic acids is 1. The first-order valence-electron chi connectivity index (χ1n) is 7.18. The number of carboxylic acid groups (broad SMARTS) is 1. The fourth-order valence-corrected chi connectivity index (χ4v) is 2.34. The molecule has 8 nitrogen and oxygen atoms in total. The summed E-state index contributed by atoms with van der Waals surface area (Å²) in [5, 5.41) is 29.7. The number of aliphatic hydroxyl groups is 2. The molecule has 1 rings (SSSR count). The van der Waals surface area contributed by atoms with E-state index in [4.69, 9.17) is 22.4 Å². The largest absolute Gasteiger partial charge is 0.477 e. The SMILES string of the molecule is C#CCCC(=O)NC1CC(F)C(F)(C(=O)O)OC1[C@H](N)[C@H](O)CO. The highest BCUT2D eigenvalue weighted by Crippen LogP contribution is 2.35. The van der Waals surface area contributed by atoms with E-state index in [2.05, 4.69) is 16.0 Å². The number of aliphatic hydroxyl groups excluding tert-OH is 2. The standard InChI is InChI=1S/C14H20F2N2O6/c1-2-3-4-10(21)18-7-5-9(15)14(16,13(22)23)24-12(7)11(17)8(20)6-19/h1,7-9,11-12,19-20H,3-6,17H2,(H,18,21)(H,22,23)/t7?,8-,9?,11-,12?,14?/m1/s1. The van der Waals surface area contributed by atoms with Crippen LogP contribution in [0.15, 0.2) is 0 Å². The molecule has 0 saturated carbocycles. The number of nitrogens with two attached hydrogens (primary N) is 1. The molecule has 0 aromatic rings. The summed E-state index contributed by atoms with van der Waals surface area (Å²) in [5.74, 6) is -4.22. The number of alkyl halides is 2. The topological polar surface area (TPSA) is 142 Å². The number of ether oxygens (including phenoxy) is 1. The van der Waals surface area contributed by atoms with Gasteiger partial charge < -0.3 is 31.1 Å². The second kappa shape index (κ2) is 8.34. The maximum atomic E-state index is 14.2. The number of carbonyl (C=O) groups is 2. The fourth-order valence-electron chi connectivity index (χ4n) is 2.34. The van der Waals surface area contributed by atoms with Gasteiger partial charge in [-0.1, -0.05) is 0 Å². The van der Waals surface area contributed by atoms with Crippen LogP contribution in [-0.4, -0.2) is 70.1 Å². The molecule has 1 aliphatic heterocycles. The van der Waals surface area contributed by atoms with Crippen molar-refractivity contribution in [2.45, 2.75) is 55.6 Å². The van der Waals surface area contributed by atoms with Gasteiger partial charge in [0.25, 0.3) is 0 Å². The normalized spacial score (nSPS) is 32.4. The Balaban J connectivity index is 3.00. The summed E-state index contributed by atoms with van der Waals surface area (Å²) < 4.78 is 32.8. The van der Waals surface area contributed by atoms with E-state index in [1.165, 1.54) is 0 Å². The zero-order chi connectivity index (χ0) is 18.5. The Labute approximate surface area is 137 Å². The fraction of sp³-hybridized carbons (Fsp3) is 0.714. The Morgan fingerprint density at radius 2 is 2.17 bits per heavy atom. The molecule has 1 saturated heterocycles. The Hall–Kier alpha value is -1.80. The first-order valence-corrected chi connectivity index (χ1v) is 7.18. The molecule has 0 spiro atoms. The first kappa shape index (κ1) is 20.2. The van der Waals surface area contributed by atoms with Crippen LogP contribution in [0.4, 0.5) is 8.78 Å². The third-order valence-electron chi connectivity index (χ3n) is 3.71. The molecular weight excluding hydrogens is 330 g/mol. The Morgan fingerprint density at radius 3 is 2.67 bits per heavy atom. The van der Waals surface area contributed by atoms with Crippen molar-refractivity contribution in [1.82, 2.24) is 5.32 Å². The summed E-state index contributed by atoms with van der Waals surface area (Å²) in [5.41, 5.74) is 5.63. The highest BCUT2D eigenvalue weighted by molar-refractivity contribution is 5.78. The Morgan fingerprint density at radius 1 is 1.54 bits per heavy atom. The van der Waals surface area contributed by atoms with Crippen LogP contribution in [0.2, 0.25) is 0 Å². The molecule has 1 fully saturated rings. The summed E-state index contributed by atoms with van der Waals surface area (Å²) in [4.78, 5) is 22.7. The lowest BCUT2D eigenvalue weighted by atomic mass is 9.89. The highest BCUT2D eigenvalue weighted by Gasteiger charge is 2.58. The van der Waals surface area contributed by atoms with Gasteiger partial charge in [0.1, 0.15) is 0 Å². The zero-order valence-electron chi connectivity index (χ0n) is 12.7. The number of nitrogens with one attached hydrogen (secondary N) is 1. The molecule has 4 unspecified atom stereocenters. The van der Waals surface area contributed by atoms with Gasteiger partial charge in [-0.2, -0.15) is 4.39 Å². The van der Waals surface area contributed by atoms with Crippen molar-refractivity contribution in [3.8, 4) is 12.3 Å². The summed E-state index contributed by atoms with van der Waals surface area (Å²) in [6.45, 7) is -0.815. The monoisotopic (exact) mass is 350 g/mol. The van der Waals surface area contributed by atoms with E-state index >= 15 is 0 Å². The summed E-state index contributed by atoms with van der Waals surface area (Å²) in [6.07, 6.45) is -1.42. The van der Waals surface area contributed by atoms with Gasteiger partial charge in [-0.25, -0.2) is 9.18 Å². The average molecular weight is 350 g/mol. The average Bonchev–Trinajstić information content (AvgIpc) is 2.54. The minimum Gasteiger partial charge on any atom is -0.477 e. The predicted molar refractivity (Wildman–Crippen MR) is 76.9 cm³/mol. The van der Waals surface area contributed by atoms with Crippen LogP contribution in [0.1, 0.15) is 19.3 Å². The number of rotatable bonds is 7. The molecule has 136 valence electrons. The Kier molecular flexibility index (Phi) is 7.04. The van der Waals surface area contributed by atoms with E-state index in [9.17, 15) is 23.5 Å². The molecule has 6 N–H and O–H groups in total. The van der Waals surface area contributed by atoms with Crippen molar-refractivity contribution in [3.63, 3.8) is 0 Å². The summed E-state index contributed by atoms with van der Waals surface area (Å²) >= 11 is 0. The van der Waals surface area contributed by atoms with Crippen molar-refractivity contribution in [2.24, 2.45) is 5.73 Å². The van der Waals surface area contributed by atoms with Gasteiger partial charge in [0.15, 0.2) is 6.17 Å². The van der Waals surface area contributed by atoms with Gasteiger partial charge in [-0.3, -0.25) is 4.79 Å². The van der Waals surface area contributed by atoms with Crippen molar-refractivity contribution >= 4 is 11.9 Å². The van der Waals surface area contributed by atoms with E-state index in [0.717, 1.165) is 0 Å². The van der Waals surface area contributed by atoms with Gasteiger partial charge in [0.05, 0.1) is 30.9 Å². The van der Waals surface area contributed by atoms with Crippen LogP contribution < -0.4 is 11.1 Å². The predicted octanol–water partition coefficient (Wildman–Crippen LogP) is -1.56. The lowest BCUT2D eigenvalue weighted by Gasteiger charge is -2.43. The number of amides is 1. The molecule has 1 amide bonds. The van der Waals surface area contributed by atoms with Crippen LogP contribution in [0.5, 0.6) is 0 Å². The zero-order valence-corrected chi connectivity index (χ0v) is 12.7. The molecule has 0 radical (unpaired) electrons. The summed E-state index contributed by atoms with van der Waals surface area (Å²) in [6, 6.07) is -2.67. The molecule has 0 aromatic carbocycles. The molecule has 0 bridgehead atoms.